The van der Waals surface area contributed by atoms with Crippen LogP contribution in [0.1, 0.15) is 6.92 Å². The van der Waals surface area contributed by atoms with Gasteiger partial charge in [0.1, 0.15) is 244 Å². The lowest BCUT2D eigenvalue weighted by Gasteiger charge is -2.51. The Morgan fingerprint density at radius 3 is 0.798 bits per heavy atom. The first-order valence-electron chi connectivity index (χ1n) is 36.2. The summed E-state index contributed by atoms with van der Waals surface area (Å²) in [4.78, 5) is 12.3. The zero-order valence-corrected chi connectivity index (χ0v) is 60.0. The third kappa shape index (κ3) is 19.7. The minimum absolute atomic E-state index is 0.870. The third-order valence-corrected chi connectivity index (χ3v) is 21.3. The van der Waals surface area contributed by atoms with Crippen molar-refractivity contribution in [2.75, 3.05) is 66.1 Å². The van der Waals surface area contributed by atoms with Crippen molar-refractivity contribution in [3.05, 3.63) is 0 Å². The summed E-state index contributed by atoms with van der Waals surface area (Å²) in [7, 11) is 0. The van der Waals surface area contributed by atoms with Gasteiger partial charge >= 0.3 is 0 Å². The highest BCUT2D eigenvalue weighted by molar-refractivity contribution is 5.73. The van der Waals surface area contributed by atoms with Crippen molar-refractivity contribution in [3.63, 3.8) is 0 Å². The van der Waals surface area contributed by atoms with E-state index in [0.717, 1.165) is 6.92 Å². The zero-order chi connectivity index (χ0) is 83.7. The molecule has 10 heterocycles. The van der Waals surface area contributed by atoms with Gasteiger partial charge in [0, 0.05) is 6.92 Å². The Bertz CT molecular complexity index is 2920. The number of carbonyl (C=O) groups excluding carboxylic acids is 1. The molecule has 10 saturated heterocycles. The summed E-state index contributed by atoms with van der Waals surface area (Å²) in [5.41, 5.74) is 0. The van der Waals surface area contributed by atoms with Crippen LogP contribution in [-0.4, -0.2) is 537 Å². The lowest BCUT2D eigenvalue weighted by Crippen LogP contribution is -2.69. The number of aliphatic hydroxyl groups is 31. The monoisotopic (exact) mass is 1680 g/mol. The van der Waals surface area contributed by atoms with Crippen LogP contribution in [0.2, 0.25) is 0 Å². The number of ether oxygens (including phenoxy) is 19. The molecule has 0 aromatic rings. The fourth-order valence-electron chi connectivity index (χ4n) is 14.6. The van der Waals surface area contributed by atoms with Crippen molar-refractivity contribution in [2.24, 2.45) is 0 Å². The Balaban J connectivity index is 0.941. The van der Waals surface area contributed by atoms with Crippen LogP contribution in [0.5, 0.6) is 0 Å². The number of aliphatic hydroxyl groups excluding tert-OH is 31. The Hall–Kier alpha value is -2.53. The van der Waals surface area contributed by atoms with Crippen molar-refractivity contribution in [3.8, 4) is 0 Å². The SMILES string of the molecule is CC(=O)N[C@H]1C(O)O[C@H](CO)[C@@H](O[C@@H]2O[C@H](CO[C@H]3O[C@H](CO[C@H]4O[C@H](CO)[C@@H](O)[C@H](O)[C@@H]4O)[C@@H](O)[C@H](O[C@H]4O[C@H](CO)[C@@H](O)[C@H](O)[C@@H]4O)[C@@H]3O)[C@@H](O)[C@H](O[C@H]3O[C@H](CO)[C@@H](O)[C@H](O)[C@@H]3O[C@H]3O[C@H](CO)[C@@H](O)[C@H](O)[C@@H]3O[C@H]3O[C@H](CO)[C@@H](O)[C@H](O[C@H]4O[C@H](CO)[C@@H](O)[C@H](O[C@H]5O[C@H](CO)[C@@H](O)[C@H](O)[C@H]5O)[C@H]4O)[C@@H]3O)[C@@H]2O)[C@@H]1O. The minimum atomic E-state index is -2.56. The Labute approximate surface area is 642 Å². The van der Waals surface area contributed by atoms with E-state index < -0.39 is 379 Å². The fourth-order valence-corrected chi connectivity index (χ4v) is 14.6. The van der Waals surface area contributed by atoms with Gasteiger partial charge in [0.05, 0.1) is 66.1 Å². The molecule has 0 radical (unpaired) electrons. The molecule has 0 spiro atoms. The maximum Gasteiger partial charge on any atom is 0.217 e. The second-order valence-corrected chi connectivity index (χ2v) is 28.8. The van der Waals surface area contributed by atoms with Crippen LogP contribution in [0.15, 0.2) is 0 Å². The standard InChI is InChI=1S/C62H105NO51/c1-12(72)63-23-33(82)46(20(9-71)98-53(23)95)108-60-45(94)50(32(81)22(107-60)11-97-55-42(91)49(110-57-41(90)36(85)26(75)15(4-66)101-57)31(80)21(106-55)10-96-54-39(88)34(83)24(73)13(2-64)99-54)112-61-52(38(87)28(77)16(5-67)104-61)114-62-51(37(86)27(76)17(6-68)105-62)113-59-44(93)48(30(79)19(8-70)103-59)111-58-43(92)47(29(78)18(7-69)102-58)109-56-40(89)35(84)25(74)14(3-65)100-56/h13-62,64-71,73-95H,2-11H2,1H3,(H,63,72)/t13-,14-,15-,16-,17-,18-,19-,20-,21-,22-,23-,24-,25-,26-,27-,28-,29-,30-,31-,32-,33-,34+,35+,36+,37+,38+,39+,40-,41+,42+,43-,44+,45+,46-,47+,48+,49+,50+,51+,52+,53?,54+,55+,56-,57-,58-,59-,60+,61-,62-/m1/s1. The predicted octanol–water partition coefficient (Wildman–Crippen LogP) is -22.7. The van der Waals surface area contributed by atoms with Gasteiger partial charge in [0.15, 0.2) is 62.9 Å². The van der Waals surface area contributed by atoms with E-state index in [0.29, 0.717) is 0 Å². The van der Waals surface area contributed by atoms with Crippen molar-refractivity contribution in [1.29, 1.82) is 0 Å². The molecule has 0 bridgehead atoms. The van der Waals surface area contributed by atoms with E-state index in [9.17, 15) is 163 Å². The van der Waals surface area contributed by atoms with Gasteiger partial charge in [0.2, 0.25) is 5.91 Å². The van der Waals surface area contributed by atoms with E-state index >= 15 is 0 Å². The first kappa shape index (κ1) is 93.7. The largest absolute Gasteiger partial charge is 0.394 e. The summed E-state index contributed by atoms with van der Waals surface area (Å²) in [6, 6.07) is -1.79. The van der Waals surface area contributed by atoms with Gasteiger partial charge in [-0.3, -0.25) is 4.79 Å². The van der Waals surface area contributed by atoms with Gasteiger partial charge in [-0.25, -0.2) is 0 Å². The highest BCUT2D eigenvalue weighted by atomic mass is 16.8. The number of hydrogen-bond acceptors (Lipinski definition) is 51. The molecule has 0 aromatic carbocycles. The molecule has 10 fully saturated rings. The van der Waals surface area contributed by atoms with Crippen LogP contribution in [0.25, 0.3) is 0 Å². The molecule has 52 nitrogen and oxygen atoms in total. The summed E-state index contributed by atoms with van der Waals surface area (Å²) < 4.78 is 110. The average Bonchev–Trinajstić information content (AvgIpc) is 0.773. The predicted molar refractivity (Wildman–Crippen MR) is 341 cm³/mol. The summed E-state index contributed by atoms with van der Waals surface area (Å²) in [6.45, 7) is -10.0. The van der Waals surface area contributed by atoms with Crippen molar-refractivity contribution in [1.82, 2.24) is 5.32 Å². The van der Waals surface area contributed by atoms with Gasteiger partial charge in [-0.15, -0.1) is 0 Å². The molecule has 0 aromatic heterocycles. The van der Waals surface area contributed by atoms with Crippen LogP contribution in [0.3, 0.4) is 0 Å². The van der Waals surface area contributed by atoms with E-state index in [2.05, 4.69) is 5.32 Å². The van der Waals surface area contributed by atoms with Gasteiger partial charge in [-0.2, -0.15) is 0 Å². The molecule has 664 valence electrons. The summed E-state index contributed by atoms with van der Waals surface area (Å²) in [5.74, 6) is -0.870. The number of carbonyl (C=O) groups is 1. The van der Waals surface area contributed by atoms with Crippen LogP contribution in [-0.2, 0) is 94.8 Å². The fraction of sp³-hybridized carbons (Fsp3) is 0.984. The second-order valence-electron chi connectivity index (χ2n) is 28.8. The van der Waals surface area contributed by atoms with Crippen molar-refractivity contribution in [2.45, 2.75) is 314 Å². The molecular formula is C62H105NO51. The Morgan fingerprint density at radius 1 is 0.228 bits per heavy atom. The smallest absolute Gasteiger partial charge is 0.217 e. The summed E-state index contributed by atoms with van der Waals surface area (Å²) in [5, 5.41) is 344. The molecule has 10 aliphatic rings. The van der Waals surface area contributed by atoms with E-state index in [-0.39, 0.29) is 0 Å². The lowest BCUT2D eigenvalue weighted by atomic mass is 9.94. The third-order valence-electron chi connectivity index (χ3n) is 21.3. The molecule has 52 heteroatoms. The second kappa shape index (κ2) is 40.6. The molecule has 0 saturated carbocycles. The molecule has 10 rings (SSSR count). The van der Waals surface area contributed by atoms with E-state index in [4.69, 9.17) is 90.0 Å². The summed E-state index contributed by atoms with van der Waals surface area (Å²) in [6.07, 6.45) is -106. The van der Waals surface area contributed by atoms with Gasteiger partial charge in [0.25, 0.3) is 0 Å². The molecule has 32 N–H and O–H groups in total. The van der Waals surface area contributed by atoms with Crippen LogP contribution in [0.4, 0.5) is 0 Å². The molecular weight excluding hydrogens is 1570 g/mol. The number of nitrogens with one attached hydrogen (secondary N) is 1. The molecule has 114 heavy (non-hydrogen) atoms. The first-order valence-corrected chi connectivity index (χ1v) is 36.2. The summed E-state index contributed by atoms with van der Waals surface area (Å²) >= 11 is 0. The maximum absolute atomic E-state index is 12.5. The number of amides is 1. The first-order chi connectivity index (χ1) is 54.0. The molecule has 50 atom stereocenters. The molecule has 1 unspecified atom stereocenters. The van der Waals surface area contributed by atoms with Gasteiger partial charge in [-0.05, 0) is 0 Å². The molecule has 0 aliphatic carbocycles. The van der Waals surface area contributed by atoms with Gasteiger partial charge in [-0.1, -0.05) is 0 Å². The maximum atomic E-state index is 12.5. The van der Waals surface area contributed by atoms with Gasteiger partial charge < -0.3 is 254 Å². The zero-order valence-electron chi connectivity index (χ0n) is 60.0. The van der Waals surface area contributed by atoms with Crippen LogP contribution < -0.4 is 5.32 Å². The topological polar surface area (TPSA) is 832 Å². The van der Waals surface area contributed by atoms with Crippen molar-refractivity contribution >= 4 is 5.91 Å². The molecule has 10 aliphatic heterocycles. The van der Waals surface area contributed by atoms with E-state index in [1.807, 2.05) is 0 Å². The number of rotatable bonds is 29. The quantitative estimate of drug-likeness (QED) is 0.0331. The Kier molecular flexibility index (Phi) is 33.4. The average molecular weight is 1680 g/mol. The Morgan fingerprint density at radius 2 is 0.456 bits per heavy atom. The lowest BCUT2D eigenvalue weighted by molar-refractivity contribution is -0.411. The van der Waals surface area contributed by atoms with Crippen molar-refractivity contribution < 1.29 is 253 Å². The van der Waals surface area contributed by atoms with E-state index in [1.54, 1.807) is 0 Å². The number of hydrogen-bond donors (Lipinski definition) is 32. The highest BCUT2D eigenvalue weighted by Crippen LogP contribution is 2.41. The normalized spacial score (nSPS) is 52.6. The molecule has 1 amide bonds. The highest BCUT2D eigenvalue weighted by Gasteiger charge is 2.61. The van der Waals surface area contributed by atoms with Crippen LogP contribution in [0, 0.1) is 0 Å². The van der Waals surface area contributed by atoms with E-state index in [1.165, 1.54) is 0 Å². The minimum Gasteiger partial charge on any atom is -0.394 e. The van der Waals surface area contributed by atoms with Crippen LogP contribution >= 0.6 is 0 Å².